The highest BCUT2D eigenvalue weighted by atomic mass is 19.1. The summed E-state index contributed by atoms with van der Waals surface area (Å²) in [6.07, 6.45) is 4.22. The molecule has 1 aromatic heterocycles. The summed E-state index contributed by atoms with van der Waals surface area (Å²) in [6.45, 7) is 4.93. The Morgan fingerprint density at radius 2 is 2.04 bits per heavy atom. The largest absolute Gasteiger partial charge is 0.396 e. The van der Waals surface area contributed by atoms with E-state index in [2.05, 4.69) is 30.2 Å². The smallest absolute Gasteiger partial charge is 0.123 e. The topological polar surface area (TPSA) is 41.3 Å². The van der Waals surface area contributed by atoms with Gasteiger partial charge in [-0.1, -0.05) is 24.3 Å². The molecule has 4 rings (SSSR count). The number of hydrogen-bond acceptors (Lipinski definition) is 3. The van der Waals surface area contributed by atoms with Crippen LogP contribution < -0.4 is 0 Å². The van der Waals surface area contributed by atoms with Gasteiger partial charge in [-0.2, -0.15) is 5.10 Å². The van der Waals surface area contributed by atoms with Crippen molar-refractivity contribution < 1.29 is 9.50 Å². The first-order chi connectivity index (χ1) is 13.6. The Labute approximate surface area is 165 Å². The maximum Gasteiger partial charge on any atom is 0.123 e. The molecule has 1 saturated heterocycles. The van der Waals surface area contributed by atoms with E-state index in [9.17, 15) is 9.50 Å². The predicted molar refractivity (Wildman–Crippen MR) is 109 cm³/mol. The SMILES string of the molecule is Cc1cccc(-n2cc(CN3CCC[C@@H](CO)C3)c(-c3cccc(F)c3)n2)c1. The molecular formula is C23H26FN3O. The molecule has 2 heterocycles. The fraction of sp³-hybridized carbons (Fsp3) is 0.348. The van der Waals surface area contributed by atoms with Gasteiger partial charge in [-0.25, -0.2) is 9.07 Å². The van der Waals surface area contributed by atoms with Gasteiger partial charge in [0, 0.05) is 37.0 Å². The monoisotopic (exact) mass is 379 g/mol. The van der Waals surface area contributed by atoms with Crippen LogP contribution in [-0.2, 0) is 6.54 Å². The zero-order chi connectivity index (χ0) is 19.5. The minimum atomic E-state index is -0.258. The van der Waals surface area contributed by atoms with Gasteiger partial charge in [0.05, 0.1) is 11.4 Å². The third-order valence-electron chi connectivity index (χ3n) is 5.41. The first kappa shape index (κ1) is 18.8. The molecule has 0 aliphatic carbocycles. The number of rotatable bonds is 5. The zero-order valence-electron chi connectivity index (χ0n) is 16.2. The highest BCUT2D eigenvalue weighted by molar-refractivity contribution is 5.63. The second-order valence-electron chi connectivity index (χ2n) is 7.72. The Morgan fingerprint density at radius 1 is 1.18 bits per heavy atom. The highest BCUT2D eigenvalue weighted by Gasteiger charge is 2.22. The fourth-order valence-electron chi connectivity index (χ4n) is 3.99. The molecule has 1 N–H and O–H groups in total. The summed E-state index contributed by atoms with van der Waals surface area (Å²) in [7, 11) is 0. The first-order valence-electron chi connectivity index (χ1n) is 9.87. The van der Waals surface area contributed by atoms with Crippen LogP contribution in [0.15, 0.2) is 54.7 Å². The van der Waals surface area contributed by atoms with Crippen LogP contribution in [0.5, 0.6) is 0 Å². The van der Waals surface area contributed by atoms with Gasteiger partial charge < -0.3 is 5.11 Å². The van der Waals surface area contributed by atoms with Crippen molar-refractivity contribution in [3.63, 3.8) is 0 Å². The molecule has 0 radical (unpaired) electrons. The molecule has 1 fully saturated rings. The van der Waals surface area contributed by atoms with E-state index in [0.717, 1.165) is 55.0 Å². The molecule has 28 heavy (non-hydrogen) atoms. The van der Waals surface area contributed by atoms with Crippen LogP contribution in [0.25, 0.3) is 16.9 Å². The van der Waals surface area contributed by atoms with E-state index in [-0.39, 0.29) is 12.4 Å². The molecule has 1 aliphatic rings. The maximum atomic E-state index is 13.9. The van der Waals surface area contributed by atoms with Crippen LogP contribution in [0.1, 0.15) is 24.0 Å². The standard InChI is InChI=1S/C23H26FN3O/c1-17-5-2-9-22(11-17)27-15-20(14-26-10-4-6-18(13-26)16-28)23(25-27)19-7-3-8-21(24)12-19/h2-3,5,7-9,11-12,15,18,28H,4,6,10,13-14,16H2,1H3/t18-/m1/s1. The maximum absolute atomic E-state index is 13.9. The first-order valence-corrected chi connectivity index (χ1v) is 9.87. The van der Waals surface area contributed by atoms with Crippen LogP contribution in [0.3, 0.4) is 0 Å². The van der Waals surface area contributed by atoms with Crippen molar-refractivity contribution >= 4 is 0 Å². The summed E-state index contributed by atoms with van der Waals surface area (Å²) in [5, 5.41) is 14.3. The lowest BCUT2D eigenvalue weighted by molar-refractivity contribution is 0.116. The minimum absolute atomic E-state index is 0.232. The fourth-order valence-corrected chi connectivity index (χ4v) is 3.99. The van der Waals surface area contributed by atoms with Crippen LogP contribution >= 0.6 is 0 Å². The van der Waals surface area contributed by atoms with Crippen LogP contribution in [-0.4, -0.2) is 39.5 Å². The molecule has 5 heteroatoms. The predicted octanol–water partition coefficient (Wildman–Crippen LogP) is 4.19. The zero-order valence-corrected chi connectivity index (χ0v) is 16.2. The number of aromatic nitrogens is 2. The summed E-state index contributed by atoms with van der Waals surface area (Å²) in [5.41, 5.74) is 4.84. The van der Waals surface area contributed by atoms with Gasteiger partial charge in [-0.3, -0.25) is 4.90 Å². The Kier molecular flexibility index (Phi) is 5.55. The van der Waals surface area contributed by atoms with Crippen molar-refractivity contribution in [3.8, 4) is 16.9 Å². The molecule has 4 nitrogen and oxygen atoms in total. The molecule has 1 atom stereocenters. The number of aryl methyl sites for hydroxylation is 1. The third-order valence-corrected chi connectivity index (χ3v) is 5.41. The Hall–Kier alpha value is -2.50. The molecule has 1 aliphatic heterocycles. The Morgan fingerprint density at radius 3 is 2.82 bits per heavy atom. The quantitative estimate of drug-likeness (QED) is 0.723. The van der Waals surface area contributed by atoms with Crippen molar-refractivity contribution in [3.05, 3.63) is 71.7 Å². The van der Waals surface area contributed by atoms with E-state index < -0.39 is 0 Å². The summed E-state index contributed by atoms with van der Waals surface area (Å²) in [5.74, 6) is 0.0741. The molecule has 0 saturated carbocycles. The lowest BCUT2D eigenvalue weighted by Gasteiger charge is -2.31. The molecule has 2 aromatic carbocycles. The van der Waals surface area contributed by atoms with Crippen molar-refractivity contribution in [2.45, 2.75) is 26.3 Å². The van der Waals surface area contributed by atoms with Crippen molar-refractivity contribution in [1.82, 2.24) is 14.7 Å². The normalized spacial score (nSPS) is 17.8. The second kappa shape index (κ2) is 8.25. The summed E-state index contributed by atoms with van der Waals surface area (Å²) < 4.78 is 15.7. The van der Waals surface area contributed by atoms with E-state index in [1.807, 2.05) is 22.9 Å². The van der Waals surface area contributed by atoms with Gasteiger partial charge in [0.1, 0.15) is 5.82 Å². The van der Waals surface area contributed by atoms with Crippen molar-refractivity contribution in [2.24, 2.45) is 5.92 Å². The lowest BCUT2D eigenvalue weighted by Crippen LogP contribution is -2.36. The lowest BCUT2D eigenvalue weighted by atomic mass is 9.98. The molecular weight excluding hydrogens is 353 g/mol. The van der Waals surface area contributed by atoms with Crippen molar-refractivity contribution in [2.75, 3.05) is 19.7 Å². The van der Waals surface area contributed by atoms with Gasteiger partial charge >= 0.3 is 0 Å². The number of halogens is 1. The summed E-state index contributed by atoms with van der Waals surface area (Å²) in [4.78, 5) is 2.37. The number of hydrogen-bond donors (Lipinski definition) is 1. The van der Waals surface area contributed by atoms with E-state index in [1.165, 1.54) is 11.6 Å². The molecule has 146 valence electrons. The Bertz CT molecular complexity index is 953. The number of aliphatic hydroxyl groups is 1. The van der Waals surface area contributed by atoms with E-state index in [4.69, 9.17) is 5.10 Å². The number of nitrogens with zero attached hydrogens (tertiary/aromatic N) is 3. The number of likely N-dealkylation sites (tertiary alicyclic amines) is 1. The van der Waals surface area contributed by atoms with Gasteiger partial charge in [-0.15, -0.1) is 0 Å². The molecule has 0 bridgehead atoms. The van der Waals surface area contributed by atoms with E-state index in [1.54, 1.807) is 12.1 Å². The van der Waals surface area contributed by atoms with Crippen LogP contribution in [0.4, 0.5) is 4.39 Å². The Balaban J connectivity index is 1.70. The molecule has 0 spiro atoms. The van der Waals surface area contributed by atoms with Crippen LogP contribution in [0.2, 0.25) is 0 Å². The number of benzene rings is 2. The van der Waals surface area contributed by atoms with Gasteiger partial charge in [-0.05, 0) is 62.1 Å². The number of piperidine rings is 1. The second-order valence-corrected chi connectivity index (χ2v) is 7.72. The van der Waals surface area contributed by atoms with E-state index in [0.29, 0.717) is 5.92 Å². The molecule has 0 unspecified atom stereocenters. The summed E-state index contributed by atoms with van der Waals surface area (Å²) >= 11 is 0. The molecule has 3 aromatic rings. The highest BCUT2D eigenvalue weighted by Crippen LogP contribution is 2.27. The average Bonchev–Trinajstić information content (AvgIpc) is 3.12. The minimum Gasteiger partial charge on any atom is -0.396 e. The third kappa shape index (κ3) is 4.16. The number of aliphatic hydroxyl groups excluding tert-OH is 1. The average molecular weight is 379 g/mol. The van der Waals surface area contributed by atoms with Gasteiger partial charge in [0.2, 0.25) is 0 Å². The van der Waals surface area contributed by atoms with Crippen molar-refractivity contribution in [1.29, 1.82) is 0 Å². The van der Waals surface area contributed by atoms with Crippen LogP contribution in [0, 0.1) is 18.7 Å². The molecule has 0 amide bonds. The summed E-state index contributed by atoms with van der Waals surface area (Å²) in [6, 6.07) is 14.8. The van der Waals surface area contributed by atoms with Gasteiger partial charge in [0.25, 0.3) is 0 Å². The van der Waals surface area contributed by atoms with Gasteiger partial charge in [0.15, 0.2) is 0 Å². The van der Waals surface area contributed by atoms with E-state index >= 15 is 0 Å².